The van der Waals surface area contributed by atoms with E-state index < -0.39 is 24.1 Å². The second kappa shape index (κ2) is 5.46. The van der Waals surface area contributed by atoms with Gasteiger partial charge in [-0.05, 0) is 23.8 Å². The number of hydrogen-bond donors (Lipinski definition) is 3. The van der Waals surface area contributed by atoms with Crippen molar-refractivity contribution in [2.75, 3.05) is 6.54 Å². The molecule has 1 heterocycles. The molecule has 0 aliphatic carbocycles. The van der Waals surface area contributed by atoms with E-state index in [2.05, 4.69) is 5.32 Å². The van der Waals surface area contributed by atoms with Crippen LogP contribution in [0, 0.1) is 0 Å². The molecule has 0 fully saturated rings. The van der Waals surface area contributed by atoms with Crippen LogP contribution >= 0.6 is 11.6 Å². The lowest BCUT2D eigenvalue weighted by atomic mass is 10.1. The number of benzene rings is 1. The van der Waals surface area contributed by atoms with Gasteiger partial charge in [-0.3, -0.25) is 4.79 Å². The zero-order valence-corrected chi connectivity index (χ0v) is 10.6. The molecule has 6 nitrogen and oxygen atoms in total. The molecule has 102 valence electrons. The fraction of sp³-hybridized carbons (Fsp3) is 0.333. The molecule has 19 heavy (non-hydrogen) atoms. The molecular formula is C12H12ClNO5. The Morgan fingerprint density at radius 1 is 1.53 bits per heavy atom. The lowest BCUT2D eigenvalue weighted by Crippen LogP contribution is -2.43. The summed E-state index contributed by atoms with van der Waals surface area (Å²) in [4.78, 5) is 22.2. The molecule has 0 aromatic heterocycles. The number of ether oxygens (including phenoxy) is 1. The van der Waals surface area contributed by atoms with Gasteiger partial charge in [0, 0.05) is 11.4 Å². The van der Waals surface area contributed by atoms with Crippen LogP contribution in [-0.4, -0.2) is 40.8 Å². The number of rotatable bonds is 4. The summed E-state index contributed by atoms with van der Waals surface area (Å²) in [7, 11) is 0. The molecule has 2 unspecified atom stereocenters. The molecule has 0 spiro atoms. The number of nitrogens with one attached hydrogen (secondary N) is 1. The van der Waals surface area contributed by atoms with E-state index >= 15 is 0 Å². The molecule has 7 heteroatoms. The number of fused-ring (bicyclic) bond motifs is 1. The molecule has 1 aromatic carbocycles. The van der Waals surface area contributed by atoms with Crippen molar-refractivity contribution in [3.05, 3.63) is 28.8 Å². The van der Waals surface area contributed by atoms with Crippen LogP contribution in [0.15, 0.2) is 18.2 Å². The van der Waals surface area contributed by atoms with Crippen molar-refractivity contribution < 1.29 is 24.5 Å². The fourth-order valence-corrected chi connectivity index (χ4v) is 1.96. The Bertz CT molecular complexity index is 519. The highest BCUT2D eigenvalue weighted by Gasteiger charge is 2.29. The highest BCUT2D eigenvalue weighted by Crippen LogP contribution is 2.31. The van der Waals surface area contributed by atoms with Crippen LogP contribution in [0.5, 0.6) is 5.75 Å². The Kier molecular flexibility index (Phi) is 3.92. The number of carboxylic acids is 1. The standard InChI is InChI=1S/C12H12ClNO5/c13-7-1-2-9-6(3-7)4-10(19-9)11(16)14-5-8(15)12(17)18/h1-3,8,10,15H,4-5H2,(H,14,16)(H,17,18). The second-order valence-electron chi connectivity index (χ2n) is 4.16. The summed E-state index contributed by atoms with van der Waals surface area (Å²) in [5, 5.41) is 20.4. The summed E-state index contributed by atoms with van der Waals surface area (Å²) in [6.07, 6.45) is -1.98. The maximum atomic E-state index is 11.8. The lowest BCUT2D eigenvalue weighted by Gasteiger charge is -2.12. The van der Waals surface area contributed by atoms with Gasteiger partial charge in [0.15, 0.2) is 12.2 Å². The molecule has 0 bridgehead atoms. The molecule has 2 rings (SSSR count). The number of aliphatic hydroxyl groups excluding tert-OH is 1. The SMILES string of the molecule is O=C(O)C(O)CNC(=O)C1Cc2cc(Cl)ccc2O1. The Hall–Kier alpha value is -1.79. The Morgan fingerprint density at radius 3 is 2.95 bits per heavy atom. The van der Waals surface area contributed by atoms with Gasteiger partial charge in [0.2, 0.25) is 0 Å². The van der Waals surface area contributed by atoms with E-state index in [1.54, 1.807) is 18.2 Å². The van der Waals surface area contributed by atoms with E-state index in [1.807, 2.05) is 0 Å². The number of carbonyl (C=O) groups is 2. The Balaban J connectivity index is 1.92. The summed E-state index contributed by atoms with van der Waals surface area (Å²) in [5.74, 6) is -1.27. The third kappa shape index (κ3) is 3.15. The van der Waals surface area contributed by atoms with Gasteiger partial charge >= 0.3 is 5.97 Å². The van der Waals surface area contributed by atoms with Gasteiger partial charge in [0.05, 0.1) is 6.54 Å². The first-order chi connectivity index (χ1) is 8.97. The van der Waals surface area contributed by atoms with Crippen molar-refractivity contribution >= 4 is 23.5 Å². The maximum Gasteiger partial charge on any atom is 0.334 e. The minimum atomic E-state index is -1.62. The van der Waals surface area contributed by atoms with Gasteiger partial charge in [0.25, 0.3) is 5.91 Å². The molecule has 0 saturated carbocycles. The number of aliphatic hydroxyl groups is 1. The topological polar surface area (TPSA) is 95.9 Å². The third-order valence-corrected chi connectivity index (χ3v) is 2.98. The van der Waals surface area contributed by atoms with Crippen molar-refractivity contribution in [1.82, 2.24) is 5.32 Å². The van der Waals surface area contributed by atoms with Crippen LogP contribution in [-0.2, 0) is 16.0 Å². The van der Waals surface area contributed by atoms with E-state index in [9.17, 15) is 9.59 Å². The van der Waals surface area contributed by atoms with Gasteiger partial charge in [-0.1, -0.05) is 11.6 Å². The molecule has 1 amide bonds. The van der Waals surface area contributed by atoms with Crippen molar-refractivity contribution in [3.8, 4) is 5.75 Å². The van der Waals surface area contributed by atoms with Gasteiger partial charge < -0.3 is 20.3 Å². The van der Waals surface area contributed by atoms with Crippen molar-refractivity contribution in [1.29, 1.82) is 0 Å². The van der Waals surface area contributed by atoms with Crippen molar-refractivity contribution in [2.45, 2.75) is 18.6 Å². The molecule has 1 aromatic rings. The monoisotopic (exact) mass is 285 g/mol. The highest BCUT2D eigenvalue weighted by molar-refractivity contribution is 6.30. The molecular weight excluding hydrogens is 274 g/mol. The predicted octanol–water partition coefficient (Wildman–Crippen LogP) is 0.205. The van der Waals surface area contributed by atoms with E-state index in [0.717, 1.165) is 5.56 Å². The zero-order valence-electron chi connectivity index (χ0n) is 9.80. The third-order valence-electron chi connectivity index (χ3n) is 2.74. The van der Waals surface area contributed by atoms with Crippen LogP contribution in [0.4, 0.5) is 0 Å². The molecule has 3 N–H and O–H groups in total. The van der Waals surface area contributed by atoms with E-state index in [1.165, 1.54) is 0 Å². The molecule has 1 aliphatic rings. The minimum absolute atomic E-state index is 0.356. The van der Waals surface area contributed by atoms with Crippen LogP contribution in [0.3, 0.4) is 0 Å². The molecule has 0 radical (unpaired) electrons. The highest BCUT2D eigenvalue weighted by atomic mass is 35.5. The van der Waals surface area contributed by atoms with Crippen LogP contribution in [0.2, 0.25) is 5.02 Å². The number of halogens is 1. The Labute approximate surface area is 113 Å². The van der Waals surface area contributed by atoms with Crippen LogP contribution < -0.4 is 10.1 Å². The first kappa shape index (κ1) is 13.6. The predicted molar refractivity (Wildman–Crippen MR) is 66.2 cm³/mol. The lowest BCUT2D eigenvalue weighted by molar-refractivity contribution is -0.146. The van der Waals surface area contributed by atoms with Gasteiger partial charge in [0.1, 0.15) is 5.75 Å². The number of amides is 1. The first-order valence-corrected chi connectivity index (χ1v) is 5.99. The van der Waals surface area contributed by atoms with E-state index in [0.29, 0.717) is 17.2 Å². The van der Waals surface area contributed by atoms with Gasteiger partial charge in [-0.2, -0.15) is 0 Å². The van der Waals surface area contributed by atoms with Crippen molar-refractivity contribution in [2.24, 2.45) is 0 Å². The maximum absolute atomic E-state index is 11.8. The summed E-state index contributed by atoms with van der Waals surface area (Å²) >= 11 is 5.83. The normalized spacial score (nSPS) is 18.3. The summed E-state index contributed by atoms with van der Waals surface area (Å²) in [6.45, 7) is -0.356. The minimum Gasteiger partial charge on any atom is -0.480 e. The zero-order chi connectivity index (χ0) is 14.0. The smallest absolute Gasteiger partial charge is 0.334 e. The van der Waals surface area contributed by atoms with Crippen LogP contribution in [0.1, 0.15) is 5.56 Å². The number of hydrogen-bond acceptors (Lipinski definition) is 4. The van der Waals surface area contributed by atoms with Crippen molar-refractivity contribution in [3.63, 3.8) is 0 Å². The Morgan fingerprint density at radius 2 is 2.26 bits per heavy atom. The average molecular weight is 286 g/mol. The van der Waals surface area contributed by atoms with E-state index in [-0.39, 0.29) is 6.54 Å². The summed E-state index contributed by atoms with van der Waals surface area (Å²) in [5.41, 5.74) is 0.825. The summed E-state index contributed by atoms with van der Waals surface area (Å²) in [6, 6.07) is 5.06. The van der Waals surface area contributed by atoms with Gasteiger partial charge in [-0.25, -0.2) is 4.79 Å². The second-order valence-corrected chi connectivity index (χ2v) is 4.60. The largest absolute Gasteiger partial charge is 0.480 e. The average Bonchev–Trinajstić information content (AvgIpc) is 2.78. The summed E-state index contributed by atoms with van der Waals surface area (Å²) < 4.78 is 5.42. The fourth-order valence-electron chi connectivity index (χ4n) is 1.76. The molecule has 1 aliphatic heterocycles. The molecule has 0 saturated heterocycles. The van der Waals surface area contributed by atoms with Crippen LogP contribution in [0.25, 0.3) is 0 Å². The van der Waals surface area contributed by atoms with E-state index in [4.69, 9.17) is 26.6 Å². The molecule has 2 atom stereocenters. The number of aliphatic carboxylic acids is 1. The first-order valence-electron chi connectivity index (χ1n) is 5.61. The quantitative estimate of drug-likeness (QED) is 0.735. The number of carboxylic acid groups (broad SMARTS) is 1. The number of carbonyl (C=O) groups excluding carboxylic acids is 1. The van der Waals surface area contributed by atoms with Gasteiger partial charge in [-0.15, -0.1) is 0 Å².